The number of hydrogen-bond donors (Lipinski definition) is 0. The van der Waals surface area contributed by atoms with Gasteiger partial charge in [0.25, 0.3) is 0 Å². The minimum absolute atomic E-state index is 0.105. The molecule has 3 heteroatoms. The van der Waals surface area contributed by atoms with Gasteiger partial charge in [0.2, 0.25) is 0 Å². The van der Waals surface area contributed by atoms with Crippen LogP contribution in [-0.2, 0) is 0 Å². The van der Waals surface area contributed by atoms with E-state index in [0.717, 1.165) is 6.42 Å². The molecule has 0 aromatic rings. The molecule has 110 valence electrons. The Morgan fingerprint density at radius 3 is 1.39 bits per heavy atom. The first kappa shape index (κ1) is 17.8. The molecule has 1 atom stereocenters. The second-order valence-electron chi connectivity index (χ2n) is 8.21. The maximum absolute atomic E-state index is 13.3. The van der Waals surface area contributed by atoms with Crippen LogP contribution < -0.4 is 0 Å². The molecule has 0 aliphatic carbocycles. The van der Waals surface area contributed by atoms with E-state index in [9.17, 15) is 13.2 Å². The number of hydrogen-bond acceptors (Lipinski definition) is 0. The van der Waals surface area contributed by atoms with Crippen molar-refractivity contribution in [1.82, 2.24) is 0 Å². The molecule has 0 aromatic carbocycles. The quantitative estimate of drug-likeness (QED) is 0.567. The maximum Gasteiger partial charge on any atom is 0.394 e. The van der Waals surface area contributed by atoms with Crippen molar-refractivity contribution in [3.63, 3.8) is 0 Å². The molecule has 18 heavy (non-hydrogen) atoms. The molecule has 0 amide bonds. The second-order valence-corrected chi connectivity index (χ2v) is 8.21. The highest BCUT2D eigenvalue weighted by molar-refractivity contribution is 4.86. The Kier molecular flexibility index (Phi) is 5.36. The SMILES string of the molecule is CC(C)(C)CCC[C@@](C)(CC(C)(C)C)C(F)(F)F. The van der Waals surface area contributed by atoms with Gasteiger partial charge in [0, 0.05) is 0 Å². The van der Waals surface area contributed by atoms with Gasteiger partial charge >= 0.3 is 6.18 Å². The van der Waals surface area contributed by atoms with Crippen LogP contribution in [0.4, 0.5) is 13.2 Å². The Labute approximate surface area is 110 Å². The highest BCUT2D eigenvalue weighted by atomic mass is 19.4. The Hall–Kier alpha value is -0.210. The average Bonchev–Trinajstić information content (AvgIpc) is 1.94. The third kappa shape index (κ3) is 6.65. The molecule has 0 rings (SSSR count). The summed E-state index contributed by atoms with van der Waals surface area (Å²) in [4.78, 5) is 0. The van der Waals surface area contributed by atoms with Crippen molar-refractivity contribution in [2.75, 3.05) is 0 Å². The highest BCUT2D eigenvalue weighted by Gasteiger charge is 2.51. The average molecular weight is 266 g/mol. The lowest BCUT2D eigenvalue weighted by atomic mass is 9.71. The van der Waals surface area contributed by atoms with Gasteiger partial charge in [-0.3, -0.25) is 0 Å². The maximum atomic E-state index is 13.3. The van der Waals surface area contributed by atoms with Crippen LogP contribution in [0, 0.1) is 16.2 Å². The van der Waals surface area contributed by atoms with Gasteiger partial charge in [-0.05, 0) is 30.1 Å². The molecule has 0 spiro atoms. The summed E-state index contributed by atoms with van der Waals surface area (Å²) in [5.74, 6) is 0. The van der Waals surface area contributed by atoms with Crippen molar-refractivity contribution in [2.24, 2.45) is 16.2 Å². The van der Waals surface area contributed by atoms with Crippen LogP contribution in [0.25, 0.3) is 0 Å². The molecule has 0 aliphatic rings. The van der Waals surface area contributed by atoms with Gasteiger partial charge in [-0.15, -0.1) is 0 Å². The summed E-state index contributed by atoms with van der Waals surface area (Å²) in [6.45, 7) is 13.2. The molecule has 0 unspecified atom stereocenters. The second kappa shape index (κ2) is 5.42. The minimum Gasteiger partial charge on any atom is -0.171 e. The number of rotatable bonds is 4. The van der Waals surface area contributed by atoms with Gasteiger partial charge in [-0.25, -0.2) is 0 Å². The first-order chi connectivity index (χ1) is 7.66. The van der Waals surface area contributed by atoms with Crippen LogP contribution in [0.2, 0.25) is 0 Å². The van der Waals surface area contributed by atoms with Crippen molar-refractivity contribution < 1.29 is 13.2 Å². The third-order valence-corrected chi connectivity index (χ3v) is 3.26. The predicted octanol–water partition coefficient (Wildman–Crippen LogP) is 6.21. The molecule has 0 saturated heterocycles. The lowest BCUT2D eigenvalue weighted by Gasteiger charge is -2.38. The fourth-order valence-electron chi connectivity index (χ4n) is 2.51. The van der Waals surface area contributed by atoms with Crippen molar-refractivity contribution in [2.45, 2.75) is 80.3 Å². The summed E-state index contributed by atoms with van der Waals surface area (Å²) in [6.07, 6.45) is -2.23. The normalized spacial score (nSPS) is 17.7. The molecule has 0 aliphatic heterocycles. The van der Waals surface area contributed by atoms with E-state index >= 15 is 0 Å². The molecular formula is C15H29F3. The van der Waals surface area contributed by atoms with E-state index in [2.05, 4.69) is 20.8 Å². The fraction of sp³-hybridized carbons (Fsp3) is 1.00. The summed E-state index contributed by atoms with van der Waals surface area (Å²) in [6, 6.07) is 0. The van der Waals surface area contributed by atoms with E-state index in [0.29, 0.717) is 6.42 Å². The van der Waals surface area contributed by atoms with E-state index in [1.54, 1.807) is 0 Å². The van der Waals surface area contributed by atoms with Crippen molar-refractivity contribution in [1.29, 1.82) is 0 Å². The smallest absolute Gasteiger partial charge is 0.171 e. The first-order valence-electron chi connectivity index (χ1n) is 6.73. The van der Waals surface area contributed by atoms with Crippen molar-refractivity contribution in [3.8, 4) is 0 Å². The summed E-state index contributed by atoms with van der Waals surface area (Å²) >= 11 is 0. The standard InChI is InChI=1S/C15H29F3/c1-12(2,3)9-8-10-14(7,15(16,17)18)11-13(4,5)6/h8-11H2,1-7H3/t14-/m0/s1. The molecule has 0 saturated carbocycles. The molecular weight excluding hydrogens is 237 g/mol. The van der Waals surface area contributed by atoms with Crippen LogP contribution in [0.3, 0.4) is 0 Å². The van der Waals surface area contributed by atoms with Crippen LogP contribution in [0.1, 0.15) is 74.1 Å². The van der Waals surface area contributed by atoms with Crippen LogP contribution in [0.15, 0.2) is 0 Å². The molecule has 0 nitrogen and oxygen atoms in total. The van der Waals surface area contributed by atoms with E-state index in [1.165, 1.54) is 6.92 Å². The molecule has 0 N–H and O–H groups in total. The molecule has 0 bridgehead atoms. The first-order valence-corrected chi connectivity index (χ1v) is 6.73. The van der Waals surface area contributed by atoms with Gasteiger partial charge in [0.05, 0.1) is 5.41 Å². The topological polar surface area (TPSA) is 0 Å². The minimum atomic E-state index is -4.11. The van der Waals surface area contributed by atoms with Gasteiger partial charge in [-0.2, -0.15) is 13.2 Å². The van der Waals surface area contributed by atoms with E-state index in [4.69, 9.17) is 0 Å². The van der Waals surface area contributed by atoms with E-state index < -0.39 is 11.6 Å². The molecule has 0 heterocycles. The monoisotopic (exact) mass is 266 g/mol. The molecule has 0 fully saturated rings. The highest BCUT2D eigenvalue weighted by Crippen LogP contribution is 2.49. The zero-order valence-electron chi connectivity index (χ0n) is 13.0. The van der Waals surface area contributed by atoms with Crippen molar-refractivity contribution in [3.05, 3.63) is 0 Å². The van der Waals surface area contributed by atoms with Crippen molar-refractivity contribution >= 4 is 0 Å². The molecule has 0 radical (unpaired) electrons. The Bertz CT molecular complexity index is 252. The largest absolute Gasteiger partial charge is 0.394 e. The van der Waals surface area contributed by atoms with Crippen LogP contribution in [-0.4, -0.2) is 6.18 Å². The van der Waals surface area contributed by atoms with Gasteiger partial charge in [-0.1, -0.05) is 54.9 Å². The van der Waals surface area contributed by atoms with Gasteiger partial charge in [0.15, 0.2) is 0 Å². The van der Waals surface area contributed by atoms with Crippen LogP contribution >= 0.6 is 0 Å². The summed E-state index contributed by atoms with van der Waals surface area (Å²) < 4.78 is 39.8. The van der Waals surface area contributed by atoms with Gasteiger partial charge in [0.1, 0.15) is 0 Å². The summed E-state index contributed by atoms with van der Waals surface area (Å²) in [7, 11) is 0. The number of halogens is 3. The Balaban J connectivity index is 4.71. The van der Waals surface area contributed by atoms with Gasteiger partial charge < -0.3 is 0 Å². The Morgan fingerprint density at radius 2 is 1.11 bits per heavy atom. The number of alkyl halides is 3. The predicted molar refractivity (Wildman–Crippen MR) is 71.5 cm³/mol. The van der Waals surface area contributed by atoms with E-state index in [1.807, 2.05) is 20.8 Å². The lowest BCUT2D eigenvalue weighted by Crippen LogP contribution is -2.38. The Morgan fingerprint density at radius 1 is 0.667 bits per heavy atom. The summed E-state index contributed by atoms with van der Waals surface area (Å²) in [5.41, 5.74) is -1.75. The molecule has 0 aromatic heterocycles. The summed E-state index contributed by atoms with van der Waals surface area (Å²) in [5, 5.41) is 0. The fourth-order valence-corrected chi connectivity index (χ4v) is 2.51. The van der Waals surface area contributed by atoms with E-state index in [-0.39, 0.29) is 23.7 Å². The zero-order valence-corrected chi connectivity index (χ0v) is 13.0. The van der Waals surface area contributed by atoms with Crippen LogP contribution in [0.5, 0.6) is 0 Å². The zero-order chi connectivity index (χ0) is 14.8. The lowest BCUT2D eigenvalue weighted by molar-refractivity contribution is -0.230. The third-order valence-electron chi connectivity index (χ3n) is 3.26.